The number of aromatic nitrogens is 4. The molecule has 0 saturated carbocycles. The predicted octanol–water partition coefficient (Wildman–Crippen LogP) is -1.23. The number of hydrogen-bond acceptors (Lipinski definition) is 5. The molecule has 1 unspecified atom stereocenters. The summed E-state index contributed by atoms with van der Waals surface area (Å²) in [5, 5.41) is 19.2. The summed E-state index contributed by atoms with van der Waals surface area (Å²) in [5.41, 5.74) is 5.66. The fourth-order valence-electron chi connectivity index (χ4n) is 0.891. The summed E-state index contributed by atoms with van der Waals surface area (Å²) < 4.78 is 1.62. The highest BCUT2D eigenvalue weighted by molar-refractivity contribution is 4.60. The van der Waals surface area contributed by atoms with Gasteiger partial charge in [-0.25, -0.2) is 4.68 Å². The number of aliphatic hydroxyl groups is 1. The van der Waals surface area contributed by atoms with Crippen LogP contribution >= 0.6 is 0 Å². The van der Waals surface area contributed by atoms with Crippen molar-refractivity contribution in [2.45, 2.75) is 25.4 Å². The van der Waals surface area contributed by atoms with Gasteiger partial charge in [-0.3, -0.25) is 0 Å². The zero-order chi connectivity index (χ0) is 8.81. The summed E-state index contributed by atoms with van der Waals surface area (Å²) in [5.74, 6) is 0. The molecule has 1 aromatic heterocycles. The van der Waals surface area contributed by atoms with Crippen molar-refractivity contribution < 1.29 is 5.11 Å². The zero-order valence-electron chi connectivity index (χ0n) is 6.80. The average molecular weight is 171 g/mol. The van der Waals surface area contributed by atoms with Crippen LogP contribution in [0.1, 0.15) is 12.8 Å². The van der Waals surface area contributed by atoms with Crippen molar-refractivity contribution in [2.75, 3.05) is 6.61 Å². The third-order valence-corrected chi connectivity index (χ3v) is 1.62. The Morgan fingerprint density at radius 1 is 1.50 bits per heavy atom. The molecule has 1 rings (SSSR count). The van der Waals surface area contributed by atoms with E-state index in [1.54, 1.807) is 11.0 Å². The summed E-state index contributed by atoms with van der Waals surface area (Å²) in [6.07, 6.45) is 2.96. The lowest BCUT2D eigenvalue weighted by molar-refractivity contribution is 0.270. The van der Waals surface area contributed by atoms with Gasteiger partial charge in [-0.05, 0) is 23.3 Å². The summed E-state index contributed by atoms with van der Waals surface area (Å²) in [6.45, 7) is 0.838. The van der Waals surface area contributed by atoms with E-state index in [4.69, 9.17) is 10.8 Å². The smallest absolute Gasteiger partial charge is 0.138 e. The van der Waals surface area contributed by atoms with E-state index >= 15 is 0 Å². The lowest BCUT2D eigenvalue weighted by Crippen LogP contribution is -2.23. The Balaban J connectivity index is 2.17. The molecule has 0 aromatic carbocycles. The summed E-state index contributed by atoms with van der Waals surface area (Å²) in [7, 11) is 0. The Labute approximate surface area is 70.4 Å². The molecule has 0 aliphatic carbocycles. The van der Waals surface area contributed by atoms with E-state index in [0.717, 1.165) is 6.42 Å². The molecule has 0 saturated heterocycles. The molecule has 0 amide bonds. The normalized spacial score (nSPS) is 13.2. The van der Waals surface area contributed by atoms with Crippen LogP contribution in [0.25, 0.3) is 0 Å². The second-order valence-electron chi connectivity index (χ2n) is 2.63. The molecule has 0 aliphatic rings. The number of nitrogens with zero attached hydrogens (tertiary/aromatic N) is 4. The van der Waals surface area contributed by atoms with E-state index in [9.17, 15) is 0 Å². The van der Waals surface area contributed by atoms with Gasteiger partial charge in [0.25, 0.3) is 0 Å². The predicted molar refractivity (Wildman–Crippen MR) is 42.1 cm³/mol. The van der Waals surface area contributed by atoms with Crippen molar-refractivity contribution >= 4 is 0 Å². The van der Waals surface area contributed by atoms with Crippen molar-refractivity contribution in [3.8, 4) is 0 Å². The molecule has 12 heavy (non-hydrogen) atoms. The fraction of sp³-hybridized carbons (Fsp3) is 0.833. The first kappa shape index (κ1) is 9.08. The topological polar surface area (TPSA) is 89.8 Å². The second-order valence-corrected chi connectivity index (χ2v) is 2.63. The highest BCUT2D eigenvalue weighted by Crippen LogP contribution is 1.95. The number of tetrazole rings is 1. The molecule has 0 bridgehead atoms. The van der Waals surface area contributed by atoms with E-state index < -0.39 is 0 Å². The molecule has 3 N–H and O–H groups in total. The van der Waals surface area contributed by atoms with E-state index in [1.165, 1.54) is 0 Å². The van der Waals surface area contributed by atoms with Gasteiger partial charge in [0.05, 0.1) is 0 Å². The van der Waals surface area contributed by atoms with Crippen LogP contribution in [0.4, 0.5) is 0 Å². The number of rotatable bonds is 5. The van der Waals surface area contributed by atoms with E-state index in [0.29, 0.717) is 13.0 Å². The Morgan fingerprint density at radius 3 is 2.92 bits per heavy atom. The van der Waals surface area contributed by atoms with Gasteiger partial charge in [-0.15, -0.1) is 5.10 Å². The van der Waals surface area contributed by atoms with Crippen LogP contribution in [0.5, 0.6) is 0 Å². The van der Waals surface area contributed by atoms with Crippen LogP contribution in [0.3, 0.4) is 0 Å². The number of nitrogens with two attached hydrogens (primary N) is 1. The Hall–Kier alpha value is -1.01. The van der Waals surface area contributed by atoms with Gasteiger partial charge in [0.1, 0.15) is 6.33 Å². The van der Waals surface area contributed by atoms with E-state index in [1.807, 2.05) is 0 Å². The first-order chi connectivity index (χ1) is 5.83. The van der Waals surface area contributed by atoms with Gasteiger partial charge in [0, 0.05) is 19.2 Å². The monoisotopic (exact) mass is 171 g/mol. The van der Waals surface area contributed by atoms with E-state index in [2.05, 4.69) is 15.5 Å². The molecule has 0 spiro atoms. The van der Waals surface area contributed by atoms with Crippen molar-refractivity contribution in [3.05, 3.63) is 6.33 Å². The molecule has 0 aliphatic heterocycles. The van der Waals surface area contributed by atoms with Crippen LogP contribution in [0, 0.1) is 0 Å². The highest BCUT2D eigenvalue weighted by atomic mass is 16.3. The van der Waals surface area contributed by atoms with Crippen LogP contribution in [0.15, 0.2) is 6.33 Å². The lowest BCUT2D eigenvalue weighted by atomic mass is 10.1. The van der Waals surface area contributed by atoms with Crippen LogP contribution in [-0.4, -0.2) is 38.0 Å². The molecular weight excluding hydrogens is 158 g/mol. The Bertz CT molecular complexity index is 200. The maximum absolute atomic E-state index is 8.57. The van der Waals surface area contributed by atoms with Crippen LogP contribution in [-0.2, 0) is 6.54 Å². The fourth-order valence-corrected chi connectivity index (χ4v) is 0.891. The summed E-state index contributed by atoms with van der Waals surface area (Å²) in [6, 6.07) is 0.0270. The average Bonchev–Trinajstić information content (AvgIpc) is 2.53. The van der Waals surface area contributed by atoms with Crippen molar-refractivity contribution in [1.82, 2.24) is 20.2 Å². The molecule has 6 nitrogen and oxygen atoms in total. The van der Waals surface area contributed by atoms with Gasteiger partial charge in [-0.1, -0.05) is 0 Å². The molecule has 68 valence electrons. The number of aryl methyl sites for hydroxylation is 1. The maximum atomic E-state index is 8.57. The van der Waals surface area contributed by atoms with Crippen LogP contribution in [0.2, 0.25) is 0 Å². The van der Waals surface area contributed by atoms with Crippen molar-refractivity contribution in [1.29, 1.82) is 0 Å². The second kappa shape index (κ2) is 4.78. The van der Waals surface area contributed by atoms with Gasteiger partial charge in [0.2, 0.25) is 0 Å². The van der Waals surface area contributed by atoms with Gasteiger partial charge in [-0.2, -0.15) is 0 Å². The maximum Gasteiger partial charge on any atom is 0.138 e. The van der Waals surface area contributed by atoms with Gasteiger partial charge >= 0.3 is 0 Å². The number of aliphatic hydroxyl groups excluding tert-OH is 1. The molecular formula is C6H13N5O. The first-order valence-corrected chi connectivity index (χ1v) is 3.90. The highest BCUT2D eigenvalue weighted by Gasteiger charge is 2.01. The van der Waals surface area contributed by atoms with Gasteiger partial charge < -0.3 is 10.8 Å². The first-order valence-electron chi connectivity index (χ1n) is 3.90. The molecule has 1 aromatic rings. The Kier molecular flexibility index (Phi) is 3.62. The van der Waals surface area contributed by atoms with Crippen LogP contribution < -0.4 is 5.73 Å². The summed E-state index contributed by atoms with van der Waals surface area (Å²) in [4.78, 5) is 0. The third-order valence-electron chi connectivity index (χ3n) is 1.62. The minimum Gasteiger partial charge on any atom is -0.396 e. The van der Waals surface area contributed by atoms with Crippen molar-refractivity contribution in [2.24, 2.45) is 5.73 Å². The minimum atomic E-state index is 0.0270. The molecule has 0 radical (unpaired) electrons. The Morgan fingerprint density at radius 2 is 2.33 bits per heavy atom. The minimum absolute atomic E-state index is 0.0270. The van der Waals surface area contributed by atoms with E-state index in [-0.39, 0.29) is 12.6 Å². The van der Waals surface area contributed by atoms with Crippen molar-refractivity contribution in [3.63, 3.8) is 0 Å². The molecule has 1 heterocycles. The largest absolute Gasteiger partial charge is 0.396 e. The molecule has 0 fully saturated rings. The standard InChI is InChI=1S/C6H13N5O/c7-6(2-4-12)1-3-11-5-8-9-10-11/h5-6,12H,1-4,7H2. The van der Waals surface area contributed by atoms with Gasteiger partial charge in [0.15, 0.2) is 0 Å². The zero-order valence-corrected chi connectivity index (χ0v) is 6.80. The number of hydrogen-bond donors (Lipinski definition) is 2. The summed E-state index contributed by atoms with van der Waals surface area (Å²) >= 11 is 0. The lowest BCUT2D eigenvalue weighted by Gasteiger charge is -2.07. The molecule has 6 heteroatoms. The quantitative estimate of drug-likeness (QED) is 0.579. The SMILES string of the molecule is NC(CCO)CCn1cnnn1. The molecule has 1 atom stereocenters. The third kappa shape index (κ3) is 2.93.